The minimum Gasteiger partial charge on any atom is -0.343 e. The van der Waals surface area contributed by atoms with Crippen LogP contribution in [0.2, 0.25) is 0 Å². The van der Waals surface area contributed by atoms with Crippen molar-refractivity contribution in [3.8, 4) is 0 Å². The molecular formula is C17H21BrN2O. The molecule has 1 aromatic carbocycles. The summed E-state index contributed by atoms with van der Waals surface area (Å²) < 4.78 is 2.92. The van der Waals surface area contributed by atoms with Gasteiger partial charge >= 0.3 is 0 Å². The van der Waals surface area contributed by atoms with Crippen LogP contribution >= 0.6 is 15.9 Å². The van der Waals surface area contributed by atoms with Crippen LogP contribution in [-0.2, 0) is 13.1 Å². The highest BCUT2D eigenvalue weighted by molar-refractivity contribution is 9.10. The van der Waals surface area contributed by atoms with E-state index >= 15 is 0 Å². The normalized spacial score (nSPS) is 10.7. The van der Waals surface area contributed by atoms with E-state index < -0.39 is 0 Å². The van der Waals surface area contributed by atoms with E-state index in [0.29, 0.717) is 13.1 Å². The molecule has 21 heavy (non-hydrogen) atoms. The van der Waals surface area contributed by atoms with Gasteiger partial charge in [0.2, 0.25) is 0 Å². The Labute approximate surface area is 134 Å². The molecule has 0 unspecified atom stereocenters. The standard InChI is InChI=1S/C17H21BrN2O/c1-4-19-12-15(18)10-16(19)17(21)20(5-2)11-14-8-6-7-13(3)9-14/h6-10,12H,4-5,11H2,1-3H3. The Balaban J connectivity index is 2.22. The highest BCUT2D eigenvalue weighted by Crippen LogP contribution is 2.18. The van der Waals surface area contributed by atoms with Gasteiger partial charge in [0.15, 0.2) is 0 Å². The van der Waals surface area contributed by atoms with Crippen LogP contribution in [0.15, 0.2) is 41.0 Å². The summed E-state index contributed by atoms with van der Waals surface area (Å²) in [4.78, 5) is 14.6. The van der Waals surface area contributed by atoms with Gasteiger partial charge in [-0.3, -0.25) is 4.79 Å². The molecule has 0 spiro atoms. The monoisotopic (exact) mass is 348 g/mol. The predicted molar refractivity (Wildman–Crippen MR) is 89.4 cm³/mol. The van der Waals surface area contributed by atoms with Gasteiger partial charge in [0, 0.05) is 30.3 Å². The van der Waals surface area contributed by atoms with Gasteiger partial charge in [-0.15, -0.1) is 0 Å². The van der Waals surface area contributed by atoms with Crippen LogP contribution in [0.1, 0.15) is 35.5 Å². The van der Waals surface area contributed by atoms with Crippen LogP contribution in [0.4, 0.5) is 0 Å². The average Bonchev–Trinajstić information content (AvgIpc) is 2.85. The fourth-order valence-electron chi connectivity index (χ4n) is 2.44. The largest absolute Gasteiger partial charge is 0.343 e. The van der Waals surface area contributed by atoms with Crippen molar-refractivity contribution in [2.45, 2.75) is 33.9 Å². The number of amides is 1. The van der Waals surface area contributed by atoms with Gasteiger partial charge in [-0.05, 0) is 48.3 Å². The third-order valence-corrected chi connectivity index (χ3v) is 3.98. The summed E-state index contributed by atoms with van der Waals surface area (Å²) in [5.74, 6) is 0.0755. The molecule has 3 nitrogen and oxygen atoms in total. The van der Waals surface area contributed by atoms with E-state index in [1.165, 1.54) is 11.1 Å². The molecule has 0 aliphatic rings. The van der Waals surface area contributed by atoms with Crippen LogP contribution in [-0.4, -0.2) is 21.9 Å². The number of carbonyl (C=O) groups is 1. The lowest BCUT2D eigenvalue weighted by Gasteiger charge is -2.22. The van der Waals surface area contributed by atoms with Crippen molar-refractivity contribution in [1.82, 2.24) is 9.47 Å². The highest BCUT2D eigenvalue weighted by atomic mass is 79.9. The van der Waals surface area contributed by atoms with Gasteiger partial charge in [0.1, 0.15) is 5.69 Å². The molecule has 112 valence electrons. The van der Waals surface area contributed by atoms with E-state index in [0.717, 1.165) is 16.7 Å². The van der Waals surface area contributed by atoms with Gasteiger partial charge in [-0.1, -0.05) is 29.8 Å². The maximum Gasteiger partial charge on any atom is 0.270 e. The maximum absolute atomic E-state index is 12.7. The first kappa shape index (κ1) is 15.8. The second kappa shape index (κ2) is 6.94. The number of rotatable bonds is 5. The molecule has 2 rings (SSSR count). The first-order valence-electron chi connectivity index (χ1n) is 7.25. The minimum absolute atomic E-state index is 0.0755. The second-order valence-corrected chi connectivity index (χ2v) is 6.05. The quantitative estimate of drug-likeness (QED) is 0.793. The SMILES string of the molecule is CCN(Cc1cccc(C)c1)C(=O)c1cc(Br)cn1CC. The van der Waals surface area contributed by atoms with Gasteiger partial charge in [-0.25, -0.2) is 0 Å². The van der Waals surface area contributed by atoms with Crippen molar-refractivity contribution < 1.29 is 4.79 Å². The van der Waals surface area contributed by atoms with Crippen LogP contribution in [0.5, 0.6) is 0 Å². The molecule has 1 aromatic heterocycles. The van der Waals surface area contributed by atoms with Gasteiger partial charge in [0.25, 0.3) is 5.91 Å². The summed E-state index contributed by atoms with van der Waals surface area (Å²) in [7, 11) is 0. The number of aromatic nitrogens is 1. The zero-order valence-corrected chi connectivity index (χ0v) is 14.4. The highest BCUT2D eigenvalue weighted by Gasteiger charge is 2.18. The van der Waals surface area contributed by atoms with Crippen molar-refractivity contribution in [2.24, 2.45) is 0 Å². The third-order valence-electron chi connectivity index (χ3n) is 3.55. The predicted octanol–water partition coefficient (Wildman–Crippen LogP) is 4.24. The van der Waals surface area contributed by atoms with Crippen LogP contribution in [0.25, 0.3) is 0 Å². The molecular weight excluding hydrogens is 328 g/mol. The van der Waals surface area contributed by atoms with Crippen molar-refractivity contribution >= 4 is 21.8 Å². The number of halogens is 1. The van der Waals surface area contributed by atoms with Gasteiger partial charge in [-0.2, -0.15) is 0 Å². The van der Waals surface area contributed by atoms with E-state index in [1.54, 1.807) is 0 Å². The Kier molecular flexibility index (Phi) is 5.23. The van der Waals surface area contributed by atoms with Crippen molar-refractivity contribution in [1.29, 1.82) is 0 Å². The molecule has 0 aliphatic carbocycles. The van der Waals surface area contributed by atoms with Crippen LogP contribution in [0.3, 0.4) is 0 Å². The smallest absolute Gasteiger partial charge is 0.270 e. The Morgan fingerprint density at radius 1 is 1.29 bits per heavy atom. The number of hydrogen-bond donors (Lipinski definition) is 0. The zero-order valence-electron chi connectivity index (χ0n) is 12.8. The Morgan fingerprint density at radius 2 is 2.05 bits per heavy atom. The molecule has 1 amide bonds. The topological polar surface area (TPSA) is 25.2 Å². The van der Waals surface area contributed by atoms with E-state index in [-0.39, 0.29) is 5.91 Å². The van der Waals surface area contributed by atoms with Crippen molar-refractivity contribution in [3.05, 3.63) is 57.8 Å². The number of benzene rings is 1. The number of nitrogens with zero attached hydrogens (tertiary/aromatic N) is 2. The summed E-state index contributed by atoms with van der Waals surface area (Å²) in [5.41, 5.74) is 3.12. The molecule has 0 bridgehead atoms. The average molecular weight is 349 g/mol. The number of carbonyl (C=O) groups excluding carboxylic acids is 1. The lowest BCUT2D eigenvalue weighted by molar-refractivity contribution is 0.0742. The molecule has 0 N–H and O–H groups in total. The lowest BCUT2D eigenvalue weighted by atomic mass is 10.1. The van der Waals surface area contributed by atoms with Crippen LogP contribution in [0, 0.1) is 6.92 Å². The summed E-state index contributed by atoms with van der Waals surface area (Å²) in [6.45, 7) is 8.25. The molecule has 0 fully saturated rings. The van der Waals surface area contributed by atoms with E-state index in [2.05, 4.69) is 41.1 Å². The summed E-state index contributed by atoms with van der Waals surface area (Å²) in [5, 5.41) is 0. The third kappa shape index (κ3) is 3.76. The molecule has 0 saturated carbocycles. The first-order chi connectivity index (χ1) is 10.0. The molecule has 0 saturated heterocycles. The summed E-state index contributed by atoms with van der Waals surface area (Å²) in [6.07, 6.45) is 1.95. The Hall–Kier alpha value is -1.55. The molecule has 0 radical (unpaired) electrons. The Morgan fingerprint density at radius 3 is 2.67 bits per heavy atom. The fraction of sp³-hybridized carbons (Fsp3) is 0.353. The van der Waals surface area contributed by atoms with Crippen molar-refractivity contribution in [2.75, 3.05) is 6.54 Å². The second-order valence-electron chi connectivity index (χ2n) is 5.14. The fourth-order valence-corrected chi connectivity index (χ4v) is 2.90. The lowest BCUT2D eigenvalue weighted by Crippen LogP contribution is -2.31. The molecule has 1 heterocycles. The van der Waals surface area contributed by atoms with Gasteiger partial charge < -0.3 is 9.47 Å². The summed E-state index contributed by atoms with van der Waals surface area (Å²) >= 11 is 3.45. The molecule has 4 heteroatoms. The maximum atomic E-state index is 12.7. The number of hydrogen-bond acceptors (Lipinski definition) is 1. The summed E-state index contributed by atoms with van der Waals surface area (Å²) in [6, 6.07) is 10.2. The Bertz CT molecular complexity index is 633. The molecule has 0 aliphatic heterocycles. The first-order valence-corrected chi connectivity index (χ1v) is 8.05. The van der Waals surface area contributed by atoms with Gasteiger partial charge in [0.05, 0.1) is 0 Å². The van der Waals surface area contributed by atoms with E-state index in [9.17, 15) is 4.79 Å². The van der Waals surface area contributed by atoms with Crippen molar-refractivity contribution in [3.63, 3.8) is 0 Å². The molecule has 2 aromatic rings. The van der Waals surface area contributed by atoms with E-state index in [1.807, 2.05) is 41.6 Å². The van der Waals surface area contributed by atoms with Crippen LogP contribution < -0.4 is 0 Å². The zero-order chi connectivity index (χ0) is 15.4. The van der Waals surface area contributed by atoms with E-state index in [4.69, 9.17) is 0 Å². The minimum atomic E-state index is 0.0755. The number of aryl methyl sites for hydroxylation is 2. The molecule has 0 atom stereocenters.